The van der Waals surface area contributed by atoms with Gasteiger partial charge >= 0.3 is 6.09 Å². The third kappa shape index (κ3) is 4.11. The molecule has 6 heteroatoms. The van der Waals surface area contributed by atoms with Crippen LogP contribution in [0.15, 0.2) is 16.6 Å². The van der Waals surface area contributed by atoms with Gasteiger partial charge in [-0.2, -0.15) is 0 Å². The maximum absolute atomic E-state index is 12.3. The van der Waals surface area contributed by atoms with E-state index in [0.717, 1.165) is 15.6 Å². The normalized spacial score (nSPS) is 19.0. The van der Waals surface area contributed by atoms with E-state index in [1.807, 2.05) is 32.9 Å². The molecule has 1 atom stereocenters. The van der Waals surface area contributed by atoms with Crippen molar-refractivity contribution in [3.8, 4) is 0 Å². The number of carbonyl (C=O) groups is 1. The van der Waals surface area contributed by atoms with E-state index in [2.05, 4.69) is 15.9 Å². The molecule has 0 saturated heterocycles. The molecule has 1 heterocycles. The van der Waals surface area contributed by atoms with Crippen LogP contribution < -0.4 is 5.73 Å². The zero-order chi connectivity index (χ0) is 15.8. The molecular formula is C15H20BrClN2O2. The van der Waals surface area contributed by atoms with Crippen molar-refractivity contribution in [3.05, 3.63) is 32.8 Å². The predicted molar refractivity (Wildman–Crippen MR) is 87.3 cm³/mol. The summed E-state index contributed by atoms with van der Waals surface area (Å²) < 4.78 is 6.32. The Hall–Kier alpha value is -0.780. The minimum Gasteiger partial charge on any atom is -0.444 e. The largest absolute Gasteiger partial charge is 0.444 e. The Morgan fingerprint density at radius 3 is 2.76 bits per heavy atom. The first-order valence-electron chi connectivity index (χ1n) is 6.88. The molecule has 0 aromatic heterocycles. The smallest absolute Gasteiger partial charge is 0.410 e. The van der Waals surface area contributed by atoms with Crippen LogP contribution in [0.25, 0.3) is 0 Å². The predicted octanol–water partition coefficient (Wildman–Crippen LogP) is 4.24. The number of nitrogens with zero attached hydrogens (tertiary/aromatic N) is 1. The van der Waals surface area contributed by atoms with Gasteiger partial charge in [-0.25, -0.2) is 4.79 Å². The molecule has 1 aliphatic rings. The maximum Gasteiger partial charge on any atom is 0.410 e. The van der Waals surface area contributed by atoms with Gasteiger partial charge in [0.15, 0.2) is 0 Å². The van der Waals surface area contributed by atoms with Gasteiger partial charge in [0.25, 0.3) is 0 Å². The van der Waals surface area contributed by atoms with Crippen molar-refractivity contribution in [2.45, 2.75) is 45.4 Å². The third-order valence-corrected chi connectivity index (χ3v) is 4.23. The highest BCUT2D eigenvalue weighted by Gasteiger charge is 2.28. The summed E-state index contributed by atoms with van der Waals surface area (Å²) in [5.74, 6) is 0. The summed E-state index contributed by atoms with van der Waals surface area (Å²) in [6.07, 6.45) is 0.364. The average molecular weight is 376 g/mol. The maximum atomic E-state index is 12.3. The van der Waals surface area contributed by atoms with E-state index >= 15 is 0 Å². The second kappa shape index (κ2) is 6.15. The topological polar surface area (TPSA) is 55.6 Å². The first-order chi connectivity index (χ1) is 9.67. The molecule has 21 heavy (non-hydrogen) atoms. The lowest BCUT2D eigenvalue weighted by Crippen LogP contribution is -2.36. The molecule has 0 saturated carbocycles. The summed E-state index contributed by atoms with van der Waals surface area (Å²) in [6, 6.07) is 3.57. The van der Waals surface area contributed by atoms with E-state index in [-0.39, 0.29) is 12.1 Å². The Labute approximate surface area is 138 Å². The highest BCUT2D eigenvalue weighted by Crippen LogP contribution is 2.33. The van der Waals surface area contributed by atoms with E-state index in [9.17, 15) is 4.79 Å². The lowest BCUT2D eigenvalue weighted by Gasteiger charge is -2.26. The second-order valence-corrected chi connectivity index (χ2v) is 7.54. The van der Waals surface area contributed by atoms with Crippen molar-refractivity contribution in [2.75, 3.05) is 6.54 Å². The Morgan fingerprint density at radius 2 is 2.14 bits per heavy atom. The summed E-state index contributed by atoms with van der Waals surface area (Å²) in [5, 5.41) is 0.641. The van der Waals surface area contributed by atoms with Crippen molar-refractivity contribution in [1.29, 1.82) is 0 Å². The minimum absolute atomic E-state index is 0.137. The molecule has 1 unspecified atom stereocenters. The van der Waals surface area contributed by atoms with Crippen LogP contribution in [0.5, 0.6) is 0 Å². The van der Waals surface area contributed by atoms with Gasteiger partial charge in [0.05, 0.1) is 6.54 Å². The van der Waals surface area contributed by atoms with Crippen molar-refractivity contribution < 1.29 is 9.53 Å². The van der Waals surface area contributed by atoms with E-state index in [1.54, 1.807) is 4.90 Å². The molecule has 1 aliphatic heterocycles. The fourth-order valence-electron chi connectivity index (χ4n) is 2.32. The van der Waals surface area contributed by atoms with Crippen molar-refractivity contribution in [2.24, 2.45) is 5.73 Å². The quantitative estimate of drug-likeness (QED) is 0.738. The number of amides is 1. The fourth-order valence-corrected chi connectivity index (χ4v) is 3.28. The van der Waals surface area contributed by atoms with Crippen LogP contribution in [0.3, 0.4) is 0 Å². The number of benzene rings is 1. The summed E-state index contributed by atoms with van der Waals surface area (Å²) in [6.45, 7) is 6.61. The molecule has 0 radical (unpaired) electrons. The monoisotopic (exact) mass is 374 g/mol. The highest BCUT2D eigenvalue weighted by atomic mass is 79.9. The molecule has 2 N–H and O–H groups in total. The van der Waals surface area contributed by atoms with E-state index < -0.39 is 5.60 Å². The Bertz CT molecular complexity index is 557. The molecule has 1 aromatic carbocycles. The number of halogens is 2. The SMILES string of the molecule is CC(C)(C)OC(=O)N1CCC(N)c2cc(Cl)cc(Br)c2C1. The Morgan fingerprint density at radius 1 is 1.48 bits per heavy atom. The molecule has 0 aliphatic carbocycles. The molecule has 1 aromatic rings. The molecule has 116 valence electrons. The molecule has 0 bridgehead atoms. The van der Waals surface area contributed by atoms with Crippen molar-refractivity contribution >= 4 is 33.6 Å². The third-order valence-electron chi connectivity index (χ3n) is 3.30. The van der Waals surface area contributed by atoms with Crippen LogP contribution >= 0.6 is 27.5 Å². The van der Waals surface area contributed by atoms with E-state index in [0.29, 0.717) is 24.5 Å². The number of rotatable bonds is 0. The molecule has 4 nitrogen and oxygen atoms in total. The number of hydrogen-bond donors (Lipinski definition) is 1. The Balaban J connectivity index is 2.29. The lowest BCUT2D eigenvalue weighted by atomic mass is 10.0. The number of hydrogen-bond acceptors (Lipinski definition) is 3. The zero-order valence-electron chi connectivity index (χ0n) is 12.5. The summed E-state index contributed by atoms with van der Waals surface area (Å²) in [5.41, 5.74) is 7.69. The molecule has 0 fully saturated rings. The van der Waals surface area contributed by atoms with Gasteiger partial charge in [0, 0.05) is 22.1 Å². The molecule has 1 amide bonds. The molecular weight excluding hydrogens is 356 g/mol. The molecule has 0 spiro atoms. The van der Waals surface area contributed by atoms with Gasteiger partial charge < -0.3 is 15.4 Å². The number of carbonyl (C=O) groups excluding carboxylic acids is 1. The fraction of sp³-hybridized carbons (Fsp3) is 0.533. The van der Waals surface area contributed by atoms with Crippen molar-refractivity contribution in [3.63, 3.8) is 0 Å². The summed E-state index contributed by atoms with van der Waals surface area (Å²) >= 11 is 9.61. The van der Waals surface area contributed by atoms with Gasteiger partial charge in [-0.05, 0) is 50.5 Å². The van der Waals surface area contributed by atoms with Gasteiger partial charge in [-0.15, -0.1) is 0 Å². The first kappa shape index (κ1) is 16.6. The lowest BCUT2D eigenvalue weighted by molar-refractivity contribution is 0.0234. The average Bonchev–Trinajstić information content (AvgIpc) is 2.48. The van der Waals surface area contributed by atoms with Crippen molar-refractivity contribution in [1.82, 2.24) is 4.90 Å². The second-order valence-electron chi connectivity index (χ2n) is 6.25. The van der Waals surface area contributed by atoms with Crippen LogP contribution in [0, 0.1) is 0 Å². The van der Waals surface area contributed by atoms with Gasteiger partial charge in [-0.3, -0.25) is 0 Å². The standard InChI is InChI=1S/C15H20BrClN2O2/c1-15(2,3)21-14(20)19-5-4-13(18)10-6-9(17)7-12(16)11(10)8-19/h6-7,13H,4-5,8,18H2,1-3H3. The van der Waals surface area contributed by atoms with Gasteiger partial charge in [0.1, 0.15) is 5.60 Å². The first-order valence-corrected chi connectivity index (χ1v) is 8.06. The van der Waals surface area contributed by atoms with Gasteiger partial charge in [0.2, 0.25) is 0 Å². The van der Waals surface area contributed by atoms with Gasteiger partial charge in [-0.1, -0.05) is 27.5 Å². The van der Waals surface area contributed by atoms with Crippen LogP contribution in [-0.4, -0.2) is 23.1 Å². The zero-order valence-corrected chi connectivity index (χ0v) is 14.8. The van der Waals surface area contributed by atoms with Crippen LogP contribution in [-0.2, 0) is 11.3 Å². The number of nitrogens with two attached hydrogens (primary N) is 1. The van der Waals surface area contributed by atoms with Crippen LogP contribution in [0.1, 0.15) is 44.4 Å². The highest BCUT2D eigenvalue weighted by molar-refractivity contribution is 9.10. The summed E-state index contributed by atoms with van der Waals surface area (Å²) in [4.78, 5) is 14.0. The minimum atomic E-state index is -0.508. The van der Waals surface area contributed by atoms with E-state index in [4.69, 9.17) is 22.1 Å². The van der Waals surface area contributed by atoms with Crippen LogP contribution in [0.2, 0.25) is 5.02 Å². The Kier molecular flexibility index (Phi) is 4.85. The van der Waals surface area contributed by atoms with Crippen LogP contribution in [0.4, 0.5) is 4.79 Å². The molecule has 2 rings (SSSR count). The van der Waals surface area contributed by atoms with E-state index in [1.165, 1.54) is 0 Å². The number of ether oxygens (including phenoxy) is 1. The summed E-state index contributed by atoms with van der Waals surface area (Å²) in [7, 11) is 0. The number of fused-ring (bicyclic) bond motifs is 1.